The number of aromatic nitrogens is 4. The molecule has 0 unspecified atom stereocenters. The molecule has 0 aliphatic carbocycles. The van der Waals surface area contributed by atoms with Crippen LogP contribution in [0.5, 0.6) is 11.5 Å². The zero-order valence-corrected chi connectivity index (χ0v) is 15.5. The quantitative estimate of drug-likeness (QED) is 0.690. The zero-order chi connectivity index (χ0) is 19.2. The molecule has 8 heteroatoms. The molecule has 0 radical (unpaired) electrons. The second-order valence-electron chi connectivity index (χ2n) is 5.92. The summed E-state index contributed by atoms with van der Waals surface area (Å²) in [5.74, 6) is 1.96. The molecule has 0 aliphatic rings. The van der Waals surface area contributed by atoms with Crippen molar-refractivity contribution < 1.29 is 14.3 Å². The van der Waals surface area contributed by atoms with Crippen molar-refractivity contribution in [2.45, 2.75) is 19.8 Å². The van der Waals surface area contributed by atoms with E-state index in [-0.39, 0.29) is 5.91 Å². The van der Waals surface area contributed by atoms with E-state index in [4.69, 9.17) is 9.47 Å². The molecule has 0 saturated heterocycles. The lowest BCUT2D eigenvalue weighted by Gasteiger charge is -2.12. The third-order valence-electron chi connectivity index (χ3n) is 4.12. The van der Waals surface area contributed by atoms with Crippen LogP contribution in [0.1, 0.15) is 17.8 Å². The molecule has 0 saturated carbocycles. The van der Waals surface area contributed by atoms with Crippen LogP contribution in [0.2, 0.25) is 0 Å². The van der Waals surface area contributed by atoms with Gasteiger partial charge in [0.25, 0.3) is 0 Å². The van der Waals surface area contributed by atoms with Gasteiger partial charge in [-0.1, -0.05) is 12.1 Å². The number of carbonyl (C=O) groups excluding carboxylic acids is 1. The van der Waals surface area contributed by atoms with Gasteiger partial charge < -0.3 is 14.8 Å². The van der Waals surface area contributed by atoms with E-state index in [0.717, 1.165) is 11.3 Å². The Bertz CT molecular complexity index is 921. The highest BCUT2D eigenvalue weighted by atomic mass is 16.5. The summed E-state index contributed by atoms with van der Waals surface area (Å²) >= 11 is 0. The first-order valence-electron chi connectivity index (χ1n) is 8.47. The van der Waals surface area contributed by atoms with Gasteiger partial charge in [0.15, 0.2) is 5.82 Å². The number of methoxy groups -OCH3 is 2. The van der Waals surface area contributed by atoms with Gasteiger partial charge in [-0.2, -0.15) is 4.68 Å². The number of tetrazole rings is 1. The minimum atomic E-state index is -0.0737. The maximum Gasteiger partial charge on any atom is 0.224 e. The fraction of sp³-hybridized carbons (Fsp3) is 0.263. The van der Waals surface area contributed by atoms with Gasteiger partial charge in [-0.05, 0) is 59.7 Å². The molecule has 140 valence electrons. The van der Waals surface area contributed by atoms with E-state index in [1.165, 1.54) is 0 Å². The summed E-state index contributed by atoms with van der Waals surface area (Å²) in [4.78, 5) is 12.3. The van der Waals surface area contributed by atoms with Gasteiger partial charge in [0.1, 0.15) is 17.2 Å². The van der Waals surface area contributed by atoms with Crippen LogP contribution in [0.3, 0.4) is 0 Å². The standard InChI is InChI=1S/C19H21N5O3/c1-13-21-22-23-24(13)17-12-15(7-10-18(17)27-3)20-19(25)11-6-14-4-8-16(26-2)9-5-14/h4-5,7-10,12H,6,11H2,1-3H3,(H,20,25). The van der Waals surface area contributed by atoms with Crippen LogP contribution in [-0.4, -0.2) is 40.3 Å². The number of anilines is 1. The lowest BCUT2D eigenvalue weighted by Crippen LogP contribution is -2.13. The molecule has 27 heavy (non-hydrogen) atoms. The Balaban J connectivity index is 1.67. The maximum atomic E-state index is 12.3. The maximum absolute atomic E-state index is 12.3. The van der Waals surface area contributed by atoms with E-state index in [1.807, 2.05) is 24.3 Å². The molecule has 0 fully saturated rings. The average molecular weight is 367 g/mol. The van der Waals surface area contributed by atoms with Gasteiger partial charge in [-0.3, -0.25) is 4.79 Å². The molecule has 1 heterocycles. The van der Waals surface area contributed by atoms with Crippen LogP contribution in [0.25, 0.3) is 5.69 Å². The monoisotopic (exact) mass is 367 g/mol. The first kappa shape index (κ1) is 18.4. The lowest BCUT2D eigenvalue weighted by atomic mass is 10.1. The number of benzene rings is 2. The second kappa shape index (κ2) is 8.31. The summed E-state index contributed by atoms with van der Waals surface area (Å²) in [6, 6.07) is 13.0. The van der Waals surface area contributed by atoms with Crippen LogP contribution in [-0.2, 0) is 11.2 Å². The van der Waals surface area contributed by atoms with Crippen molar-refractivity contribution in [2.24, 2.45) is 0 Å². The Morgan fingerprint density at radius 1 is 1.11 bits per heavy atom. The summed E-state index contributed by atoms with van der Waals surface area (Å²) in [6.45, 7) is 1.79. The van der Waals surface area contributed by atoms with Crippen molar-refractivity contribution in [2.75, 3.05) is 19.5 Å². The van der Waals surface area contributed by atoms with Crippen molar-refractivity contribution in [1.82, 2.24) is 20.2 Å². The van der Waals surface area contributed by atoms with E-state index in [0.29, 0.717) is 35.8 Å². The van der Waals surface area contributed by atoms with Crippen molar-refractivity contribution in [3.05, 3.63) is 53.9 Å². The zero-order valence-electron chi connectivity index (χ0n) is 15.5. The number of nitrogens with one attached hydrogen (secondary N) is 1. The SMILES string of the molecule is COc1ccc(CCC(=O)Nc2ccc(OC)c(-n3nnnc3C)c2)cc1. The highest BCUT2D eigenvalue weighted by molar-refractivity contribution is 5.91. The minimum Gasteiger partial charge on any atom is -0.497 e. The summed E-state index contributed by atoms with van der Waals surface area (Å²) in [5, 5.41) is 14.4. The van der Waals surface area contributed by atoms with E-state index < -0.39 is 0 Å². The van der Waals surface area contributed by atoms with Crippen LogP contribution >= 0.6 is 0 Å². The van der Waals surface area contributed by atoms with Crippen molar-refractivity contribution in [1.29, 1.82) is 0 Å². The van der Waals surface area contributed by atoms with Crippen LogP contribution in [0.4, 0.5) is 5.69 Å². The minimum absolute atomic E-state index is 0.0737. The largest absolute Gasteiger partial charge is 0.497 e. The summed E-state index contributed by atoms with van der Waals surface area (Å²) in [7, 11) is 3.20. The van der Waals surface area contributed by atoms with Crippen molar-refractivity contribution in [3.8, 4) is 17.2 Å². The van der Waals surface area contributed by atoms with Gasteiger partial charge >= 0.3 is 0 Å². The molecule has 2 aromatic carbocycles. The molecular weight excluding hydrogens is 346 g/mol. The van der Waals surface area contributed by atoms with Crippen LogP contribution in [0, 0.1) is 6.92 Å². The van der Waals surface area contributed by atoms with Gasteiger partial charge in [0, 0.05) is 12.1 Å². The fourth-order valence-corrected chi connectivity index (χ4v) is 2.66. The smallest absolute Gasteiger partial charge is 0.224 e. The third kappa shape index (κ3) is 4.41. The molecule has 0 bridgehead atoms. The van der Waals surface area contributed by atoms with Gasteiger partial charge in [0.05, 0.1) is 14.2 Å². The molecule has 3 rings (SSSR count). The average Bonchev–Trinajstić information content (AvgIpc) is 3.12. The number of nitrogens with zero attached hydrogens (tertiary/aromatic N) is 4. The lowest BCUT2D eigenvalue weighted by molar-refractivity contribution is -0.116. The summed E-state index contributed by atoms with van der Waals surface area (Å²) < 4.78 is 12.1. The number of carbonyl (C=O) groups is 1. The molecule has 8 nitrogen and oxygen atoms in total. The summed E-state index contributed by atoms with van der Waals surface area (Å²) in [6.07, 6.45) is 1.02. The molecule has 1 amide bonds. The Morgan fingerprint density at radius 3 is 2.52 bits per heavy atom. The number of aryl methyl sites for hydroxylation is 2. The van der Waals surface area contributed by atoms with Crippen LogP contribution in [0.15, 0.2) is 42.5 Å². The van der Waals surface area contributed by atoms with E-state index in [2.05, 4.69) is 20.8 Å². The predicted molar refractivity (Wildman–Crippen MR) is 100 cm³/mol. The normalized spacial score (nSPS) is 10.5. The van der Waals surface area contributed by atoms with Gasteiger partial charge in [-0.25, -0.2) is 0 Å². The third-order valence-corrected chi connectivity index (χ3v) is 4.12. The second-order valence-corrected chi connectivity index (χ2v) is 5.92. The summed E-state index contributed by atoms with van der Waals surface area (Å²) in [5.41, 5.74) is 2.39. The number of amides is 1. The fourth-order valence-electron chi connectivity index (χ4n) is 2.66. The van der Waals surface area contributed by atoms with E-state index in [9.17, 15) is 4.79 Å². The number of hydrogen-bond donors (Lipinski definition) is 1. The first-order chi connectivity index (χ1) is 13.1. The van der Waals surface area contributed by atoms with Crippen molar-refractivity contribution >= 4 is 11.6 Å². The van der Waals surface area contributed by atoms with Crippen molar-refractivity contribution in [3.63, 3.8) is 0 Å². The highest BCUT2D eigenvalue weighted by Gasteiger charge is 2.12. The first-order valence-corrected chi connectivity index (χ1v) is 8.47. The molecule has 0 spiro atoms. The Labute approximate surface area is 157 Å². The molecule has 0 atom stereocenters. The molecule has 0 aliphatic heterocycles. The van der Waals surface area contributed by atoms with Gasteiger partial charge in [0.2, 0.25) is 5.91 Å². The van der Waals surface area contributed by atoms with Crippen LogP contribution < -0.4 is 14.8 Å². The topological polar surface area (TPSA) is 91.2 Å². The Hall–Kier alpha value is -3.42. The Kier molecular flexibility index (Phi) is 5.65. The number of ether oxygens (including phenoxy) is 2. The molecule has 1 aromatic heterocycles. The highest BCUT2D eigenvalue weighted by Crippen LogP contribution is 2.26. The predicted octanol–water partition coefficient (Wildman–Crippen LogP) is 2.56. The number of hydrogen-bond acceptors (Lipinski definition) is 6. The molecule has 3 aromatic rings. The van der Waals surface area contributed by atoms with Gasteiger partial charge in [-0.15, -0.1) is 5.10 Å². The molecule has 1 N–H and O–H groups in total. The molecular formula is C19H21N5O3. The van der Waals surface area contributed by atoms with E-state index >= 15 is 0 Å². The van der Waals surface area contributed by atoms with E-state index in [1.54, 1.807) is 44.0 Å². The number of rotatable bonds is 7. The Morgan fingerprint density at radius 2 is 1.89 bits per heavy atom.